The van der Waals surface area contributed by atoms with Crippen molar-refractivity contribution in [2.45, 2.75) is 118 Å². The summed E-state index contributed by atoms with van der Waals surface area (Å²) in [4.78, 5) is 12.9. The maximum Gasteiger partial charge on any atom is 0.309 e. The van der Waals surface area contributed by atoms with Gasteiger partial charge in [-0.1, -0.05) is 47.6 Å². The van der Waals surface area contributed by atoms with Gasteiger partial charge >= 0.3 is 5.97 Å². The van der Waals surface area contributed by atoms with E-state index in [0.29, 0.717) is 35.5 Å². The van der Waals surface area contributed by atoms with E-state index in [1.165, 1.54) is 25.7 Å². The van der Waals surface area contributed by atoms with E-state index in [-0.39, 0.29) is 27.8 Å². The Morgan fingerprint density at radius 2 is 1.63 bits per heavy atom. The Labute approximate surface area is 214 Å². The van der Waals surface area contributed by atoms with E-state index in [0.717, 1.165) is 44.9 Å². The van der Waals surface area contributed by atoms with Gasteiger partial charge in [0.2, 0.25) is 0 Å². The first kappa shape index (κ1) is 25.8. The minimum absolute atomic E-state index is 0.0201. The Morgan fingerprint density at radius 3 is 2.29 bits per heavy atom. The third kappa shape index (κ3) is 3.15. The molecule has 3 nitrogen and oxygen atoms in total. The average Bonchev–Trinajstić information content (AvgIpc) is 3.18. The second kappa shape index (κ2) is 8.08. The van der Waals surface area contributed by atoms with Gasteiger partial charge < -0.3 is 10.2 Å². The van der Waals surface area contributed by atoms with Gasteiger partial charge in [-0.05, 0) is 128 Å². The van der Waals surface area contributed by atoms with Gasteiger partial charge in [0, 0.05) is 0 Å². The Morgan fingerprint density at radius 1 is 0.914 bits per heavy atom. The minimum Gasteiger partial charge on any atom is -0.481 e. The predicted molar refractivity (Wildman–Crippen MR) is 142 cm³/mol. The molecule has 0 radical (unpaired) electrons. The number of carboxylic acids is 1. The van der Waals surface area contributed by atoms with E-state index in [4.69, 9.17) is 0 Å². The molecule has 0 spiro atoms. The summed E-state index contributed by atoms with van der Waals surface area (Å²) in [5.41, 5.74) is 0.193. The number of aliphatic hydroxyl groups excluding tert-OH is 1. The maximum absolute atomic E-state index is 12.9. The smallest absolute Gasteiger partial charge is 0.309 e. The van der Waals surface area contributed by atoms with Crippen LogP contribution < -0.4 is 0 Å². The molecule has 0 aromatic rings. The number of rotatable bonds is 4. The van der Waals surface area contributed by atoms with Crippen molar-refractivity contribution in [2.24, 2.45) is 62.6 Å². The van der Waals surface area contributed by atoms with E-state index < -0.39 is 11.4 Å². The fourth-order valence-corrected chi connectivity index (χ4v) is 12.1. The van der Waals surface area contributed by atoms with Crippen molar-refractivity contribution in [1.29, 1.82) is 0 Å². The van der Waals surface area contributed by atoms with Crippen LogP contribution in [0.15, 0.2) is 12.7 Å². The van der Waals surface area contributed by atoms with Gasteiger partial charge in [-0.2, -0.15) is 0 Å². The normalized spacial score (nSPS) is 53.5. The summed E-state index contributed by atoms with van der Waals surface area (Å²) >= 11 is 0. The molecule has 5 aliphatic rings. The zero-order valence-corrected chi connectivity index (χ0v) is 23.4. The zero-order chi connectivity index (χ0) is 25.6. The lowest BCUT2D eigenvalue weighted by atomic mass is 9.32. The molecule has 0 bridgehead atoms. The van der Waals surface area contributed by atoms with Crippen molar-refractivity contribution in [2.75, 3.05) is 0 Å². The van der Waals surface area contributed by atoms with Crippen molar-refractivity contribution < 1.29 is 15.0 Å². The lowest BCUT2D eigenvalue weighted by Crippen LogP contribution is -2.67. The summed E-state index contributed by atoms with van der Waals surface area (Å²) in [7, 11) is 0. The largest absolute Gasteiger partial charge is 0.481 e. The summed E-state index contributed by atoms with van der Waals surface area (Å²) in [5.74, 6) is 2.57. The molecule has 5 unspecified atom stereocenters. The molecule has 198 valence electrons. The lowest BCUT2D eigenvalue weighted by Gasteiger charge is -2.72. The van der Waals surface area contributed by atoms with E-state index in [9.17, 15) is 15.0 Å². The van der Waals surface area contributed by atoms with Crippen LogP contribution in [0.25, 0.3) is 0 Å². The molecule has 0 aliphatic heterocycles. The van der Waals surface area contributed by atoms with E-state index in [2.05, 4.69) is 48.1 Å². The molecule has 3 heteroatoms. The topological polar surface area (TPSA) is 57.5 Å². The Kier molecular flexibility index (Phi) is 5.96. The SMILES string of the molecule is C=CCC(C)[C@@H]1CC[C@]2(C(=O)O)CC[C@]3(C)C(CCC4[C@@]5(C)CC[C@H](O)C(C)(C)C5CC[C@]43C)C12. The Balaban J connectivity index is 1.55. The highest BCUT2D eigenvalue weighted by atomic mass is 16.4. The molecule has 2 N–H and O–H groups in total. The van der Waals surface area contributed by atoms with E-state index in [1.54, 1.807) is 0 Å². The van der Waals surface area contributed by atoms with Crippen molar-refractivity contribution in [3.8, 4) is 0 Å². The molecule has 5 fully saturated rings. The maximum atomic E-state index is 12.9. The highest BCUT2D eigenvalue weighted by Gasteiger charge is 2.72. The average molecular weight is 485 g/mol. The fourth-order valence-electron chi connectivity index (χ4n) is 12.1. The fraction of sp³-hybridized carbons (Fsp3) is 0.906. The van der Waals surface area contributed by atoms with Gasteiger partial charge in [0.05, 0.1) is 11.5 Å². The molecule has 0 heterocycles. The molecule has 0 aromatic carbocycles. The van der Waals surface area contributed by atoms with Crippen molar-refractivity contribution in [3.63, 3.8) is 0 Å². The minimum atomic E-state index is -0.510. The lowest BCUT2D eigenvalue weighted by molar-refractivity contribution is -0.249. The first-order valence-corrected chi connectivity index (χ1v) is 14.8. The number of aliphatic hydroxyl groups is 1. The highest BCUT2D eigenvalue weighted by molar-refractivity contribution is 5.76. The summed E-state index contributed by atoms with van der Waals surface area (Å²) in [6.45, 7) is 18.8. The molecule has 0 aromatic heterocycles. The van der Waals surface area contributed by atoms with Gasteiger partial charge in [-0.25, -0.2) is 0 Å². The first-order valence-electron chi connectivity index (χ1n) is 14.8. The highest BCUT2D eigenvalue weighted by Crippen LogP contribution is 2.77. The number of aliphatic carboxylic acids is 1. The third-order valence-electron chi connectivity index (χ3n) is 14.2. The van der Waals surface area contributed by atoms with Crippen LogP contribution in [0.5, 0.6) is 0 Å². The molecule has 0 saturated heterocycles. The molecule has 5 aliphatic carbocycles. The third-order valence-corrected chi connectivity index (χ3v) is 14.2. The van der Waals surface area contributed by atoms with Crippen LogP contribution >= 0.6 is 0 Å². The standard InChI is InChI=1S/C32H52O3/c1-8-9-20(2)21-12-17-32(27(34)35)19-18-30(6)22(26(21)32)10-11-24-29(5)15-14-25(33)28(3,4)23(29)13-16-31(24,30)7/h8,20-26,33H,1,9-19H2,2-7H3,(H,34,35)/t20?,21-,22?,23?,24?,25-,26?,29-,30+,31+,32-/m0/s1. The number of hydrogen-bond acceptors (Lipinski definition) is 2. The van der Waals surface area contributed by atoms with Crippen molar-refractivity contribution >= 4 is 5.97 Å². The summed E-state index contributed by atoms with van der Waals surface area (Å²) in [6.07, 6.45) is 13.7. The Bertz CT molecular complexity index is 878. The van der Waals surface area contributed by atoms with Crippen LogP contribution in [0.1, 0.15) is 112 Å². The van der Waals surface area contributed by atoms with Gasteiger partial charge in [0.15, 0.2) is 0 Å². The van der Waals surface area contributed by atoms with E-state index >= 15 is 0 Å². The van der Waals surface area contributed by atoms with E-state index in [1.807, 2.05) is 6.08 Å². The molecule has 5 rings (SSSR count). The molecule has 0 amide bonds. The summed E-state index contributed by atoms with van der Waals surface area (Å²) < 4.78 is 0. The molecule has 35 heavy (non-hydrogen) atoms. The summed E-state index contributed by atoms with van der Waals surface area (Å²) in [5, 5.41) is 21.6. The second-order valence-electron chi connectivity index (χ2n) is 15.2. The van der Waals surface area contributed by atoms with Gasteiger partial charge in [0.25, 0.3) is 0 Å². The number of carboxylic acid groups (broad SMARTS) is 1. The van der Waals surface area contributed by atoms with Crippen LogP contribution in [-0.4, -0.2) is 22.3 Å². The van der Waals surface area contributed by atoms with Gasteiger partial charge in [-0.15, -0.1) is 6.58 Å². The first-order chi connectivity index (χ1) is 16.3. The summed E-state index contributed by atoms with van der Waals surface area (Å²) in [6, 6.07) is 0. The van der Waals surface area contributed by atoms with Gasteiger partial charge in [-0.3, -0.25) is 4.79 Å². The number of allylic oxidation sites excluding steroid dienone is 1. The molecular formula is C32H52O3. The quantitative estimate of drug-likeness (QED) is 0.401. The number of carbonyl (C=O) groups is 1. The monoisotopic (exact) mass is 484 g/mol. The van der Waals surface area contributed by atoms with Crippen LogP contribution in [0, 0.1) is 62.6 Å². The second-order valence-corrected chi connectivity index (χ2v) is 15.2. The van der Waals surface area contributed by atoms with Crippen molar-refractivity contribution in [1.82, 2.24) is 0 Å². The predicted octanol–water partition coefficient (Wildman–Crippen LogP) is 7.73. The van der Waals surface area contributed by atoms with Crippen LogP contribution in [0.2, 0.25) is 0 Å². The van der Waals surface area contributed by atoms with Crippen LogP contribution in [0.4, 0.5) is 0 Å². The molecule has 5 saturated carbocycles. The van der Waals surface area contributed by atoms with Gasteiger partial charge in [0.1, 0.15) is 0 Å². The molecular weight excluding hydrogens is 432 g/mol. The number of hydrogen-bond donors (Lipinski definition) is 2. The van der Waals surface area contributed by atoms with Crippen molar-refractivity contribution in [3.05, 3.63) is 12.7 Å². The number of fused-ring (bicyclic) bond motifs is 7. The molecule has 11 atom stereocenters. The zero-order valence-electron chi connectivity index (χ0n) is 23.4. The Hall–Kier alpha value is -0.830. The van der Waals surface area contributed by atoms with Crippen LogP contribution in [0.3, 0.4) is 0 Å². The van der Waals surface area contributed by atoms with Crippen LogP contribution in [-0.2, 0) is 4.79 Å².